The first-order valence-corrected chi connectivity index (χ1v) is 12.4. The number of benzene rings is 2. The van der Waals surface area contributed by atoms with Crippen LogP contribution in [0.1, 0.15) is 39.9 Å². The van der Waals surface area contributed by atoms with E-state index in [0.29, 0.717) is 46.1 Å². The van der Waals surface area contributed by atoms with Gasteiger partial charge in [0.05, 0.1) is 25.3 Å². The first-order chi connectivity index (χ1) is 18.4. The monoisotopic (exact) mass is 523 g/mol. The molecule has 4 aliphatic heterocycles. The van der Waals surface area contributed by atoms with Crippen LogP contribution in [0.3, 0.4) is 0 Å². The molecule has 6 rings (SSSR count). The summed E-state index contributed by atoms with van der Waals surface area (Å²) >= 11 is 0. The summed E-state index contributed by atoms with van der Waals surface area (Å²) in [5, 5.41) is 25.2. The zero-order chi connectivity index (χ0) is 26.7. The Kier molecular flexibility index (Phi) is 5.98. The topological polar surface area (TPSA) is 132 Å². The summed E-state index contributed by atoms with van der Waals surface area (Å²) in [5.74, 6) is 1.36. The summed E-state index contributed by atoms with van der Waals surface area (Å²) in [6.45, 7) is 3.77. The minimum Gasteiger partial charge on any atom is -0.504 e. The van der Waals surface area contributed by atoms with Crippen molar-refractivity contribution in [2.24, 2.45) is 0 Å². The number of hydrogen-bond donors (Lipinski definition) is 2. The summed E-state index contributed by atoms with van der Waals surface area (Å²) in [4.78, 5) is 15.4. The smallest absolute Gasteiger partial charge is 0.328 e. The van der Waals surface area contributed by atoms with Crippen molar-refractivity contribution in [1.29, 1.82) is 5.26 Å². The number of aromatic hydroxyl groups is 1. The van der Waals surface area contributed by atoms with Crippen molar-refractivity contribution in [3.8, 4) is 34.8 Å². The Balaban J connectivity index is 1.50. The van der Waals surface area contributed by atoms with Crippen LogP contribution in [0.25, 0.3) is 0 Å². The SMILES string of the molecule is COCOc1cc([C@H]2C(=O)OCC3C4NC(Cc5cc(C)c(OC)c(O)c54)[C@@H](C#N)N32)c2c(c1C)OCO2. The molecule has 5 atom stereocenters. The number of cyclic esters (lactones) is 1. The highest BCUT2D eigenvalue weighted by molar-refractivity contribution is 5.81. The number of nitrogens with one attached hydrogen (secondary N) is 1. The van der Waals surface area contributed by atoms with Gasteiger partial charge in [-0.3, -0.25) is 4.90 Å². The minimum absolute atomic E-state index is 0.00300. The fraction of sp³-hybridized carbons (Fsp3) is 0.481. The molecule has 2 aromatic rings. The number of morpholine rings is 1. The van der Waals surface area contributed by atoms with Crippen molar-refractivity contribution in [2.75, 3.05) is 34.4 Å². The molecule has 38 heavy (non-hydrogen) atoms. The van der Waals surface area contributed by atoms with Gasteiger partial charge in [-0.05, 0) is 37.5 Å². The first-order valence-electron chi connectivity index (χ1n) is 12.4. The quantitative estimate of drug-likeness (QED) is 0.441. The van der Waals surface area contributed by atoms with Crippen LogP contribution in [0.4, 0.5) is 0 Å². The number of aryl methyl sites for hydroxylation is 1. The molecule has 200 valence electrons. The number of rotatable bonds is 5. The molecule has 0 aromatic heterocycles. The maximum atomic E-state index is 13.5. The highest BCUT2D eigenvalue weighted by Gasteiger charge is 2.55. The molecule has 0 saturated carbocycles. The van der Waals surface area contributed by atoms with E-state index in [4.69, 9.17) is 28.4 Å². The number of methoxy groups -OCH3 is 2. The number of carbonyl (C=O) groups excluding carboxylic acids is 1. The molecule has 4 aliphatic rings. The maximum absolute atomic E-state index is 13.5. The normalized spacial score (nSPS) is 27.1. The molecule has 2 N–H and O–H groups in total. The van der Waals surface area contributed by atoms with Crippen molar-refractivity contribution in [3.05, 3.63) is 39.9 Å². The van der Waals surface area contributed by atoms with Gasteiger partial charge in [0, 0.05) is 29.8 Å². The summed E-state index contributed by atoms with van der Waals surface area (Å²) in [6, 6.07) is 3.43. The number of nitrogens with zero attached hydrogens (tertiary/aromatic N) is 2. The third kappa shape index (κ3) is 3.48. The van der Waals surface area contributed by atoms with Gasteiger partial charge in [0.25, 0.3) is 0 Å². The number of piperazine rings is 1. The zero-order valence-electron chi connectivity index (χ0n) is 21.6. The molecule has 4 heterocycles. The summed E-state index contributed by atoms with van der Waals surface area (Å²) in [5.41, 5.74) is 3.68. The predicted molar refractivity (Wildman–Crippen MR) is 131 cm³/mol. The molecule has 11 nitrogen and oxygen atoms in total. The van der Waals surface area contributed by atoms with Crippen LogP contribution in [-0.4, -0.2) is 68.5 Å². The number of phenols is 1. The average Bonchev–Trinajstić information content (AvgIpc) is 3.39. The molecular formula is C27H29N3O8. The molecule has 2 saturated heterocycles. The van der Waals surface area contributed by atoms with Crippen molar-refractivity contribution in [2.45, 2.75) is 50.5 Å². The highest BCUT2D eigenvalue weighted by Crippen LogP contribution is 2.52. The Morgan fingerprint density at radius 1 is 1.21 bits per heavy atom. The first kappa shape index (κ1) is 24.6. The lowest BCUT2D eigenvalue weighted by Crippen LogP contribution is -2.69. The zero-order valence-corrected chi connectivity index (χ0v) is 21.6. The number of hydrogen-bond acceptors (Lipinski definition) is 11. The Bertz CT molecular complexity index is 1360. The Morgan fingerprint density at radius 3 is 2.74 bits per heavy atom. The molecule has 2 aromatic carbocycles. The number of esters is 1. The molecule has 2 bridgehead atoms. The van der Waals surface area contributed by atoms with E-state index >= 15 is 0 Å². The second-order valence-electron chi connectivity index (χ2n) is 9.93. The van der Waals surface area contributed by atoms with Crippen LogP contribution in [0.5, 0.6) is 28.7 Å². The third-order valence-corrected chi connectivity index (χ3v) is 7.93. The number of carbonyl (C=O) groups is 1. The Labute approximate surface area is 219 Å². The third-order valence-electron chi connectivity index (χ3n) is 7.93. The fourth-order valence-electron chi connectivity index (χ4n) is 6.36. The van der Waals surface area contributed by atoms with Crippen LogP contribution in [0.2, 0.25) is 0 Å². The van der Waals surface area contributed by atoms with Gasteiger partial charge in [-0.2, -0.15) is 5.26 Å². The average molecular weight is 524 g/mol. The Hall–Kier alpha value is -3.72. The number of ether oxygens (including phenoxy) is 6. The minimum atomic E-state index is -0.956. The summed E-state index contributed by atoms with van der Waals surface area (Å²) in [7, 11) is 3.04. The molecule has 11 heteroatoms. The molecule has 0 radical (unpaired) electrons. The number of phenolic OH excluding ortho intramolecular Hbond substituents is 1. The Morgan fingerprint density at radius 2 is 2.00 bits per heavy atom. The van der Waals surface area contributed by atoms with Gasteiger partial charge in [-0.25, -0.2) is 4.79 Å². The predicted octanol–water partition coefficient (Wildman–Crippen LogP) is 2.16. The highest BCUT2D eigenvalue weighted by atomic mass is 16.7. The van der Waals surface area contributed by atoms with E-state index in [1.807, 2.05) is 24.8 Å². The van der Waals surface area contributed by atoms with E-state index < -0.39 is 30.1 Å². The second kappa shape index (κ2) is 9.23. The summed E-state index contributed by atoms with van der Waals surface area (Å²) < 4.78 is 33.7. The van der Waals surface area contributed by atoms with Gasteiger partial charge in [0.1, 0.15) is 24.4 Å². The van der Waals surface area contributed by atoms with Crippen LogP contribution in [0.15, 0.2) is 12.1 Å². The van der Waals surface area contributed by atoms with Crippen molar-refractivity contribution >= 4 is 5.97 Å². The van der Waals surface area contributed by atoms with Gasteiger partial charge < -0.3 is 38.8 Å². The van der Waals surface area contributed by atoms with Gasteiger partial charge in [-0.15, -0.1) is 0 Å². The largest absolute Gasteiger partial charge is 0.504 e. The van der Waals surface area contributed by atoms with E-state index in [1.165, 1.54) is 14.2 Å². The lowest BCUT2D eigenvalue weighted by Gasteiger charge is -2.55. The standard InChI is InChI=1S/C27H29N3O8/c1-12-5-14-6-16-17(8-28)30-18(21(29-16)20(14)23(31)24(12)34-4)9-35-27(32)22(30)15-7-19(36-10-33-3)13(2)25-26(15)38-11-37-25/h5,7,16-18,21-22,29,31H,6,9-11H2,1-4H3/t16?,17-,18?,21?,22+/m1/s1. The van der Waals surface area contributed by atoms with Crippen molar-refractivity contribution in [3.63, 3.8) is 0 Å². The van der Waals surface area contributed by atoms with E-state index in [9.17, 15) is 15.2 Å². The number of fused-ring (bicyclic) bond motifs is 7. The van der Waals surface area contributed by atoms with Crippen LogP contribution >= 0.6 is 0 Å². The molecule has 3 unspecified atom stereocenters. The van der Waals surface area contributed by atoms with Crippen LogP contribution in [-0.2, 0) is 20.7 Å². The van der Waals surface area contributed by atoms with Gasteiger partial charge >= 0.3 is 5.97 Å². The molecule has 0 aliphatic carbocycles. The van der Waals surface area contributed by atoms with Gasteiger partial charge in [-0.1, -0.05) is 6.07 Å². The molecule has 0 spiro atoms. The lowest BCUT2D eigenvalue weighted by atomic mass is 9.77. The lowest BCUT2D eigenvalue weighted by molar-refractivity contribution is -0.171. The van der Waals surface area contributed by atoms with E-state index in [1.54, 1.807) is 6.07 Å². The van der Waals surface area contributed by atoms with Crippen molar-refractivity contribution < 1.29 is 38.3 Å². The van der Waals surface area contributed by atoms with Crippen molar-refractivity contribution in [1.82, 2.24) is 10.2 Å². The molecule has 0 amide bonds. The molecular weight excluding hydrogens is 494 g/mol. The van der Waals surface area contributed by atoms with Gasteiger partial charge in [0.15, 0.2) is 29.8 Å². The van der Waals surface area contributed by atoms with E-state index in [2.05, 4.69) is 11.4 Å². The summed E-state index contributed by atoms with van der Waals surface area (Å²) in [6.07, 6.45) is 0.501. The van der Waals surface area contributed by atoms with Gasteiger partial charge in [0.2, 0.25) is 6.79 Å². The second-order valence-corrected chi connectivity index (χ2v) is 9.93. The van der Waals surface area contributed by atoms with E-state index in [0.717, 1.165) is 11.1 Å². The maximum Gasteiger partial charge on any atom is 0.328 e. The fourth-order valence-corrected chi connectivity index (χ4v) is 6.36. The van der Waals surface area contributed by atoms with Crippen LogP contribution < -0.4 is 24.3 Å². The molecule has 2 fully saturated rings. The van der Waals surface area contributed by atoms with Crippen LogP contribution in [0, 0.1) is 25.2 Å². The number of nitriles is 1. The van der Waals surface area contributed by atoms with E-state index in [-0.39, 0.29) is 32.0 Å².